The molecule has 130 valence electrons. The predicted molar refractivity (Wildman–Crippen MR) is 96.8 cm³/mol. The zero-order valence-electron chi connectivity index (χ0n) is 14.2. The number of carbonyl (C=O) groups excluding carboxylic acids is 2. The van der Waals surface area contributed by atoms with Crippen LogP contribution in [-0.4, -0.2) is 16.8 Å². The van der Waals surface area contributed by atoms with Crippen LogP contribution in [0.4, 0.5) is 9.18 Å². The molecule has 1 N–H and O–H groups in total. The van der Waals surface area contributed by atoms with Crippen LogP contribution >= 0.6 is 0 Å². The molecule has 1 unspecified atom stereocenters. The predicted octanol–water partition coefficient (Wildman–Crippen LogP) is 3.95. The fraction of sp³-hybridized carbons (Fsp3) is 0.143. The number of carbonyl (C=O) groups is 2. The van der Waals surface area contributed by atoms with E-state index in [1.54, 1.807) is 6.92 Å². The van der Waals surface area contributed by atoms with Crippen molar-refractivity contribution in [2.75, 3.05) is 0 Å². The summed E-state index contributed by atoms with van der Waals surface area (Å²) in [6, 6.07) is 18.9. The van der Waals surface area contributed by atoms with Gasteiger partial charge in [-0.1, -0.05) is 48.5 Å². The molecule has 0 radical (unpaired) electrons. The molecule has 4 nitrogen and oxygen atoms in total. The van der Waals surface area contributed by atoms with Gasteiger partial charge in [0.2, 0.25) is 0 Å². The smallest absolute Gasteiger partial charge is 0.319 e. The second-order valence-corrected chi connectivity index (χ2v) is 6.63. The maximum atomic E-state index is 13.2. The van der Waals surface area contributed by atoms with Crippen LogP contribution in [0.3, 0.4) is 0 Å². The minimum Gasteiger partial charge on any atom is -0.319 e. The normalized spacial score (nSPS) is 19.8. The van der Waals surface area contributed by atoms with Crippen LogP contribution in [-0.2, 0) is 16.9 Å². The van der Waals surface area contributed by atoms with E-state index >= 15 is 0 Å². The monoisotopic (exact) mass is 348 g/mol. The minimum atomic E-state index is -1.19. The van der Waals surface area contributed by atoms with E-state index in [0.29, 0.717) is 5.56 Å². The summed E-state index contributed by atoms with van der Waals surface area (Å²) in [5.41, 5.74) is 0.232. The molecule has 0 aromatic heterocycles. The highest BCUT2D eigenvalue weighted by molar-refractivity contribution is 6.07. The molecule has 1 aliphatic rings. The van der Waals surface area contributed by atoms with Crippen molar-refractivity contribution in [3.8, 4) is 0 Å². The quantitative estimate of drug-likeness (QED) is 0.729. The Morgan fingerprint density at radius 3 is 2.38 bits per heavy atom. The number of hydrogen-bond acceptors (Lipinski definition) is 2. The van der Waals surface area contributed by atoms with Crippen molar-refractivity contribution in [3.63, 3.8) is 0 Å². The summed E-state index contributed by atoms with van der Waals surface area (Å²) in [6.07, 6.45) is 0. The number of urea groups is 1. The molecule has 1 aliphatic heterocycles. The van der Waals surface area contributed by atoms with Crippen molar-refractivity contribution in [1.29, 1.82) is 0 Å². The van der Waals surface area contributed by atoms with Crippen molar-refractivity contribution in [1.82, 2.24) is 10.2 Å². The van der Waals surface area contributed by atoms with Crippen molar-refractivity contribution in [2.24, 2.45) is 0 Å². The van der Waals surface area contributed by atoms with Crippen molar-refractivity contribution < 1.29 is 14.0 Å². The molecule has 1 heterocycles. The van der Waals surface area contributed by atoms with Crippen LogP contribution < -0.4 is 5.32 Å². The first-order chi connectivity index (χ1) is 12.5. The van der Waals surface area contributed by atoms with Crippen LogP contribution in [0.1, 0.15) is 18.1 Å². The van der Waals surface area contributed by atoms with Gasteiger partial charge < -0.3 is 5.32 Å². The van der Waals surface area contributed by atoms with E-state index in [9.17, 15) is 14.0 Å². The van der Waals surface area contributed by atoms with Gasteiger partial charge in [0.15, 0.2) is 0 Å². The van der Waals surface area contributed by atoms with E-state index in [0.717, 1.165) is 16.3 Å². The zero-order chi connectivity index (χ0) is 18.3. The van der Waals surface area contributed by atoms with Crippen LogP contribution in [0.15, 0.2) is 66.7 Å². The topological polar surface area (TPSA) is 49.4 Å². The standard InChI is InChI=1S/C21H17FN2O2/c1-21(17-8-10-18(22)11-9-17)19(25)24(20(26)23-21)13-14-6-7-15-4-2-3-5-16(15)12-14/h2-12H,13H2,1H3,(H,23,26). The van der Waals surface area contributed by atoms with Crippen LogP contribution in [0.2, 0.25) is 0 Å². The number of nitrogens with zero attached hydrogens (tertiary/aromatic N) is 1. The molecule has 5 heteroatoms. The van der Waals surface area contributed by atoms with Gasteiger partial charge in [-0.3, -0.25) is 9.69 Å². The van der Waals surface area contributed by atoms with E-state index in [2.05, 4.69) is 5.32 Å². The molecule has 0 saturated carbocycles. The number of rotatable bonds is 3. The molecule has 26 heavy (non-hydrogen) atoms. The third-order valence-electron chi connectivity index (χ3n) is 4.85. The Morgan fingerprint density at radius 1 is 0.962 bits per heavy atom. The SMILES string of the molecule is CC1(c2ccc(F)cc2)NC(=O)N(Cc2ccc3ccccc3c2)C1=O. The van der Waals surface area contributed by atoms with Gasteiger partial charge in [0.05, 0.1) is 6.54 Å². The van der Waals surface area contributed by atoms with Gasteiger partial charge in [0.25, 0.3) is 5.91 Å². The third kappa shape index (κ3) is 2.62. The van der Waals surface area contributed by atoms with Crippen LogP contribution in [0, 0.1) is 5.82 Å². The third-order valence-corrected chi connectivity index (χ3v) is 4.85. The minimum absolute atomic E-state index is 0.187. The first-order valence-electron chi connectivity index (χ1n) is 8.35. The maximum Gasteiger partial charge on any atom is 0.325 e. The molecule has 0 spiro atoms. The second-order valence-electron chi connectivity index (χ2n) is 6.63. The van der Waals surface area contributed by atoms with Crippen LogP contribution in [0.25, 0.3) is 10.8 Å². The lowest BCUT2D eigenvalue weighted by atomic mass is 9.92. The Morgan fingerprint density at radius 2 is 1.65 bits per heavy atom. The van der Waals surface area contributed by atoms with Gasteiger partial charge in [-0.15, -0.1) is 0 Å². The lowest BCUT2D eigenvalue weighted by Crippen LogP contribution is -2.40. The van der Waals surface area contributed by atoms with Gasteiger partial charge in [0.1, 0.15) is 11.4 Å². The van der Waals surface area contributed by atoms with Gasteiger partial charge >= 0.3 is 6.03 Å². The average Bonchev–Trinajstić information content (AvgIpc) is 2.86. The van der Waals surface area contributed by atoms with Gasteiger partial charge in [0, 0.05) is 0 Å². The van der Waals surface area contributed by atoms with Crippen LogP contribution in [0.5, 0.6) is 0 Å². The summed E-state index contributed by atoms with van der Waals surface area (Å²) < 4.78 is 13.2. The Balaban J connectivity index is 1.63. The lowest BCUT2D eigenvalue weighted by Gasteiger charge is -2.22. The summed E-state index contributed by atoms with van der Waals surface area (Å²) in [5, 5.41) is 4.89. The van der Waals surface area contributed by atoms with E-state index in [-0.39, 0.29) is 18.3 Å². The Bertz CT molecular complexity index is 1020. The Hall–Kier alpha value is -3.21. The van der Waals surface area contributed by atoms with Gasteiger partial charge in [-0.05, 0) is 47.0 Å². The summed E-state index contributed by atoms with van der Waals surface area (Å²) in [6.45, 7) is 1.83. The number of amides is 3. The van der Waals surface area contributed by atoms with Crippen molar-refractivity contribution in [2.45, 2.75) is 19.0 Å². The molecule has 1 atom stereocenters. The molecule has 3 amide bonds. The molecular formula is C21H17FN2O2. The highest BCUT2D eigenvalue weighted by atomic mass is 19.1. The fourth-order valence-corrected chi connectivity index (χ4v) is 3.34. The van der Waals surface area contributed by atoms with E-state index in [4.69, 9.17) is 0 Å². The van der Waals surface area contributed by atoms with E-state index in [1.165, 1.54) is 29.2 Å². The number of hydrogen-bond donors (Lipinski definition) is 1. The fourth-order valence-electron chi connectivity index (χ4n) is 3.34. The highest BCUT2D eigenvalue weighted by Gasteiger charge is 2.48. The first-order valence-corrected chi connectivity index (χ1v) is 8.35. The van der Waals surface area contributed by atoms with E-state index in [1.807, 2.05) is 42.5 Å². The molecule has 4 rings (SSSR count). The second kappa shape index (κ2) is 5.95. The van der Waals surface area contributed by atoms with Crippen molar-refractivity contribution in [3.05, 3.63) is 83.7 Å². The molecule has 3 aromatic carbocycles. The average molecular weight is 348 g/mol. The Kier molecular flexibility index (Phi) is 3.72. The summed E-state index contributed by atoms with van der Waals surface area (Å²) in [4.78, 5) is 26.6. The highest BCUT2D eigenvalue weighted by Crippen LogP contribution is 2.30. The molecule has 1 fully saturated rings. The molecule has 1 saturated heterocycles. The lowest BCUT2D eigenvalue weighted by molar-refractivity contribution is -0.131. The first kappa shape index (κ1) is 16.3. The number of halogens is 1. The number of fused-ring (bicyclic) bond motifs is 1. The number of nitrogens with one attached hydrogen (secondary N) is 1. The molecule has 0 bridgehead atoms. The molecular weight excluding hydrogens is 331 g/mol. The summed E-state index contributed by atoms with van der Waals surface area (Å²) in [7, 11) is 0. The number of benzene rings is 3. The largest absolute Gasteiger partial charge is 0.325 e. The zero-order valence-corrected chi connectivity index (χ0v) is 14.2. The number of imide groups is 1. The molecule has 3 aromatic rings. The van der Waals surface area contributed by atoms with E-state index < -0.39 is 11.6 Å². The van der Waals surface area contributed by atoms with Gasteiger partial charge in [-0.25, -0.2) is 9.18 Å². The Labute approximate surface area is 150 Å². The van der Waals surface area contributed by atoms with Gasteiger partial charge in [-0.2, -0.15) is 0 Å². The summed E-state index contributed by atoms with van der Waals surface area (Å²) in [5.74, 6) is -0.732. The molecule has 0 aliphatic carbocycles. The summed E-state index contributed by atoms with van der Waals surface area (Å²) >= 11 is 0. The van der Waals surface area contributed by atoms with Crippen molar-refractivity contribution >= 4 is 22.7 Å². The maximum absolute atomic E-state index is 13.2.